The number of anilines is 2. The fraction of sp³-hybridized carbons (Fsp3) is 0.250. The zero-order valence-corrected chi connectivity index (χ0v) is 12.0. The number of halogens is 1. The average Bonchev–Trinajstić information content (AvgIpc) is 2.75. The highest BCUT2D eigenvalue weighted by Crippen LogP contribution is 2.17. The molecule has 0 aliphatic rings. The SMILES string of the molecule is CCCc1[nH]nc(C(=O)Nc2ccc(Br)cn2)c1N. The summed E-state index contributed by atoms with van der Waals surface area (Å²) in [6.45, 7) is 2.03. The van der Waals surface area contributed by atoms with E-state index in [1.165, 1.54) is 0 Å². The van der Waals surface area contributed by atoms with Gasteiger partial charge in [-0.25, -0.2) is 4.98 Å². The van der Waals surface area contributed by atoms with Crippen molar-refractivity contribution < 1.29 is 4.79 Å². The Kier molecular flexibility index (Phi) is 4.16. The van der Waals surface area contributed by atoms with E-state index in [1.807, 2.05) is 6.92 Å². The molecule has 19 heavy (non-hydrogen) atoms. The predicted molar refractivity (Wildman–Crippen MR) is 76.9 cm³/mol. The minimum absolute atomic E-state index is 0.202. The molecule has 4 N–H and O–H groups in total. The van der Waals surface area contributed by atoms with Crippen LogP contribution in [0.3, 0.4) is 0 Å². The van der Waals surface area contributed by atoms with Gasteiger partial charge in [0.1, 0.15) is 5.82 Å². The van der Waals surface area contributed by atoms with Gasteiger partial charge in [0.15, 0.2) is 5.69 Å². The molecule has 100 valence electrons. The van der Waals surface area contributed by atoms with Crippen LogP contribution in [0.1, 0.15) is 29.5 Å². The molecule has 7 heteroatoms. The number of nitrogens with two attached hydrogens (primary N) is 1. The molecule has 0 unspecified atom stereocenters. The summed E-state index contributed by atoms with van der Waals surface area (Å²) in [4.78, 5) is 16.1. The fourth-order valence-corrected chi connectivity index (χ4v) is 1.86. The normalized spacial score (nSPS) is 10.4. The number of aromatic amines is 1. The van der Waals surface area contributed by atoms with Crippen LogP contribution in [0.15, 0.2) is 22.8 Å². The minimum Gasteiger partial charge on any atom is -0.395 e. The first-order chi connectivity index (χ1) is 9.11. The molecule has 0 bridgehead atoms. The summed E-state index contributed by atoms with van der Waals surface area (Å²) in [5.74, 6) is 0.0820. The Bertz CT molecular complexity index is 578. The molecule has 0 aliphatic carbocycles. The van der Waals surface area contributed by atoms with E-state index in [0.29, 0.717) is 11.5 Å². The van der Waals surface area contributed by atoms with Crippen molar-refractivity contribution in [2.75, 3.05) is 11.1 Å². The number of pyridine rings is 1. The summed E-state index contributed by atoms with van der Waals surface area (Å²) in [7, 11) is 0. The Balaban J connectivity index is 2.13. The maximum Gasteiger partial charge on any atom is 0.279 e. The lowest BCUT2D eigenvalue weighted by Gasteiger charge is -2.03. The topological polar surface area (TPSA) is 96.7 Å². The Hall–Kier alpha value is -1.89. The third kappa shape index (κ3) is 3.11. The molecule has 2 heterocycles. The van der Waals surface area contributed by atoms with Gasteiger partial charge in [-0.3, -0.25) is 9.89 Å². The average molecular weight is 324 g/mol. The number of nitrogen functional groups attached to an aromatic ring is 1. The van der Waals surface area contributed by atoms with Gasteiger partial charge in [-0.2, -0.15) is 5.10 Å². The predicted octanol–water partition coefficient (Wildman–Crippen LogP) is 2.35. The van der Waals surface area contributed by atoms with Crippen LogP contribution in [0.2, 0.25) is 0 Å². The van der Waals surface area contributed by atoms with Crippen LogP contribution >= 0.6 is 15.9 Å². The molecule has 2 rings (SSSR count). The molecule has 0 radical (unpaired) electrons. The van der Waals surface area contributed by atoms with Crippen LogP contribution in [-0.2, 0) is 6.42 Å². The number of carbonyl (C=O) groups excluding carboxylic acids is 1. The van der Waals surface area contributed by atoms with Gasteiger partial charge in [-0.05, 0) is 34.5 Å². The molecule has 0 aliphatic heterocycles. The molecule has 0 fully saturated rings. The first-order valence-corrected chi connectivity index (χ1v) is 6.66. The van der Waals surface area contributed by atoms with Gasteiger partial charge in [0.2, 0.25) is 0 Å². The number of aromatic nitrogens is 3. The van der Waals surface area contributed by atoms with Gasteiger partial charge < -0.3 is 11.1 Å². The van der Waals surface area contributed by atoms with Gasteiger partial charge in [0.25, 0.3) is 5.91 Å². The lowest BCUT2D eigenvalue weighted by molar-refractivity contribution is 0.102. The Morgan fingerprint density at radius 3 is 2.95 bits per heavy atom. The minimum atomic E-state index is -0.370. The summed E-state index contributed by atoms with van der Waals surface area (Å²) < 4.78 is 0.843. The number of hydrogen-bond acceptors (Lipinski definition) is 4. The maximum atomic E-state index is 12.0. The van der Waals surface area contributed by atoms with Crippen LogP contribution in [-0.4, -0.2) is 21.1 Å². The van der Waals surface area contributed by atoms with Crippen LogP contribution in [0.5, 0.6) is 0 Å². The molecule has 6 nitrogen and oxygen atoms in total. The van der Waals surface area contributed by atoms with Crippen molar-refractivity contribution in [3.8, 4) is 0 Å². The zero-order chi connectivity index (χ0) is 13.8. The highest BCUT2D eigenvalue weighted by Gasteiger charge is 2.17. The first-order valence-electron chi connectivity index (χ1n) is 5.87. The molecular formula is C12H14BrN5O. The van der Waals surface area contributed by atoms with E-state index in [0.717, 1.165) is 23.0 Å². The van der Waals surface area contributed by atoms with Crippen LogP contribution in [0, 0.1) is 0 Å². The van der Waals surface area contributed by atoms with Crippen molar-refractivity contribution in [1.82, 2.24) is 15.2 Å². The van der Waals surface area contributed by atoms with Crippen molar-refractivity contribution in [2.24, 2.45) is 0 Å². The highest BCUT2D eigenvalue weighted by molar-refractivity contribution is 9.10. The van der Waals surface area contributed by atoms with Gasteiger partial charge in [-0.1, -0.05) is 13.3 Å². The van der Waals surface area contributed by atoms with Crippen LogP contribution in [0.25, 0.3) is 0 Å². The molecule has 0 saturated carbocycles. The second-order valence-corrected chi connectivity index (χ2v) is 4.95. The quantitative estimate of drug-likeness (QED) is 0.804. The van der Waals surface area contributed by atoms with E-state index in [2.05, 4.69) is 36.4 Å². The van der Waals surface area contributed by atoms with Crippen LogP contribution < -0.4 is 11.1 Å². The van der Waals surface area contributed by atoms with Gasteiger partial charge in [-0.15, -0.1) is 0 Å². The van der Waals surface area contributed by atoms with Gasteiger partial charge in [0.05, 0.1) is 11.4 Å². The van der Waals surface area contributed by atoms with E-state index < -0.39 is 0 Å². The summed E-state index contributed by atoms with van der Waals surface area (Å²) in [6.07, 6.45) is 3.30. The van der Waals surface area contributed by atoms with Crippen molar-refractivity contribution in [1.29, 1.82) is 0 Å². The largest absolute Gasteiger partial charge is 0.395 e. The number of H-pyrrole nitrogens is 1. The van der Waals surface area contributed by atoms with E-state index >= 15 is 0 Å². The number of carbonyl (C=O) groups is 1. The zero-order valence-electron chi connectivity index (χ0n) is 10.4. The van der Waals surface area contributed by atoms with Gasteiger partial charge >= 0.3 is 0 Å². The first kappa shape index (κ1) is 13.5. The third-order valence-electron chi connectivity index (χ3n) is 2.57. The molecule has 2 aromatic heterocycles. The Morgan fingerprint density at radius 2 is 2.32 bits per heavy atom. The van der Waals surface area contributed by atoms with Gasteiger partial charge in [0, 0.05) is 10.7 Å². The summed E-state index contributed by atoms with van der Waals surface area (Å²) in [5, 5.41) is 9.38. The summed E-state index contributed by atoms with van der Waals surface area (Å²) in [5.41, 5.74) is 7.28. The molecule has 1 amide bonds. The lowest BCUT2D eigenvalue weighted by atomic mass is 10.2. The van der Waals surface area contributed by atoms with E-state index in [4.69, 9.17) is 5.73 Å². The maximum absolute atomic E-state index is 12.0. The molecule has 0 atom stereocenters. The lowest BCUT2D eigenvalue weighted by Crippen LogP contribution is -2.15. The highest BCUT2D eigenvalue weighted by atomic mass is 79.9. The van der Waals surface area contributed by atoms with Crippen LogP contribution in [0.4, 0.5) is 11.5 Å². The van der Waals surface area contributed by atoms with E-state index in [-0.39, 0.29) is 11.6 Å². The molecular weight excluding hydrogens is 310 g/mol. The van der Waals surface area contributed by atoms with E-state index in [9.17, 15) is 4.79 Å². The Labute approximate surface area is 118 Å². The number of amides is 1. The van der Waals surface area contributed by atoms with Crippen molar-refractivity contribution in [2.45, 2.75) is 19.8 Å². The van der Waals surface area contributed by atoms with Crippen molar-refractivity contribution in [3.63, 3.8) is 0 Å². The second-order valence-electron chi connectivity index (χ2n) is 4.03. The third-order valence-corrected chi connectivity index (χ3v) is 3.04. The smallest absolute Gasteiger partial charge is 0.279 e. The number of nitrogens with zero attached hydrogens (tertiary/aromatic N) is 2. The van der Waals surface area contributed by atoms with Crippen molar-refractivity contribution >= 4 is 33.3 Å². The summed E-state index contributed by atoms with van der Waals surface area (Å²) >= 11 is 3.28. The standard InChI is InChI=1S/C12H14BrN5O/c1-2-3-8-10(14)11(18-17-8)12(19)16-9-5-4-7(13)6-15-9/h4-6H,2-3,14H2,1H3,(H,17,18)(H,15,16,19). The number of nitrogens with one attached hydrogen (secondary N) is 2. The molecule has 0 spiro atoms. The van der Waals surface area contributed by atoms with Crippen molar-refractivity contribution in [3.05, 3.63) is 34.2 Å². The summed E-state index contributed by atoms with van der Waals surface area (Å²) in [6, 6.07) is 3.48. The van der Waals surface area contributed by atoms with E-state index in [1.54, 1.807) is 18.3 Å². The monoisotopic (exact) mass is 323 g/mol. The number of aryl methyl sites for hydroxylation is 1. The molecule has 0 saturated heterocycles. The number of hydrogen-bond donors (Lipinski definition) is 3. The number of rotatable bonds is 4. The molecule has 0 aromatic carbocycles. The molecule has 2 aromatic rings. The fourth-order valence-electron chi connectivity index (χ4n) is 1.63. The Morgan fingerprint density at radius 1 is 1.53 bits per heavy atom. The second kappa shape index (κ2) is 5.83.